The number of anilines is 1. The van der Waals surface area contributed by atoms with Gasteiger partial charge >= 0.3 is 0 Å². The van der Waals surface area contributed by atoms with Crippen LogP contribution in [-0.2, 0) is 4.79 Å². The van der Waals surface area contributed by atoms with E-state index in [0.717, 1.165) is 6.42 Å². The van der Waals surface area contributed by atoms with E-state index in [9.17, 15) is 9.18 Å². The van der Waals surface area contributed by atoms with Crippen LogP contribution in [0.1, 0.15) is 20.3 Å². The van der Waals surface area contributed by atoms with Crippen LogP contribution in [-0.4, -0.2) is 18.5 Å². The van der Waals surface area contributed by atoms with Gasteiger partial charge < -0.3 is 10.6 Å². The van der Waals surface area contributed by atoms with Crippen molar-refractivity contribution in [3.05, 3.63) is 29.0 Å². The molecule has 1 aromatic rings. The largest absolute Gasteiger partial charge is 0.376 e. The monoisotopic (exact) mass is 258 g/mol. The second-order valence-corrected chi connectivity index (χ2v) is 4.32. The molecule has 0 spiro atoms. The number of nitrogens with one attached hydrogen (secondary N) is 2. The Morgan fingerprint density at radius 2 is 2.18 bits per heavy atom. The second kappa shape index (κ2) is 6.45. The molecule has 1 aromatic carbocycles. The zero-order valence-electron chi connectivity index (χ0n) is 9.89. The summed E-state index contributed by atoms with van der Waals surface area (Å²) < 4.78 is 13.0. The Kier molecular flexibility index (Phi) is 5.22. The van der Waals surface area contributed by atoms with Crippen LogP contribution in [0.3, 0.4) is 0 Å². The lowest BCUT2D eigenvalue weighted by Crippen LogP contribution is -2.36. The summed E-state index contributed by atoms with van der Waals surface area (Å²) in [6.07, 6.45) is 0.873. The fourth-order valence-corrected chi connectivity index (χ4v) is 1.49. The van der Waals surface area contributed by atoms with Crippen LogP contribution in [0.4, 0.5) is 10.1 Å². The molecule has 1 atom stereocenters. The van der Waals surface area contributed by atoms with Crippen molar-refractivity contribution in [3.8, 4) is 0 Å². The molecular weight excluding hydrogens is 243 g/mol. The molecule has 0 aliphatic carbocycles. The van der Waals surface area contributed by atoms with Gasteiger partial charge in [0.25, 0.3) is 0 Å². The molecule has 2 N–H and O–H groups in total. The summed E-state index contributed by atoms with van der Waals surface area (Å²) in [5, 5.41) is 5.92. The molecule has 5 heteroatoms. The maximum atomic E-state index is 13.0. The Morgan fingerprint density at radius 3 is 2.76 bits per heavy atom. The molecule has 0 aliphatic rings. The third-order valence-electron chi connectivity index (χ3n) is 2.34. The van der Waals surface area contributed by atoms with Crippen LogP contribution >= 0.6 is 11.6 Å². The topological polar surface area (TPSA) is 41.1 Å². The number of carbonyl (C=O) groups excluding carboxylic acids is 1. The van der Waals surface area contributed by atoms with Crippen LogP contribution < -0.4 is 10.6 Å². The van der Waals surface area contributed by atoms with Crippen molar-refractivity contribution < 1.29 is 9.18 Å². The van der Waals surface area contributed by atoms with Gasteiger partial charge in [-0.15, -0.1) is 0 Å². The zero-order valence-corrected chi connectivity index (χ0v) is 10.6. The van der Waals surface area contributed by atoms with Crippen molar-refractivity contribution in [2.45, 2.75) is 26.3 Å². The highest BCUT2D eigenvalue weighted by molar-refractivity contribution is 6.30. The van der Waals surface area contributed by atoms with Gasteiger partial charge in [-0.25, -0.2) is 4.39 Å². The summed E-state index contributed by atoms with van der Waals surface area (Å²) in [6.45, 7) is 4.02. The summed E-state index contributed by atoms with van der Waals surface area (Å²) in [5.41, 5.74) is 0.495. The van der Waals surface area contributed by atoms with Gasteiger partial charge in [0.1, 0.15) is 5.82 Å². The van der Waals surface area contributed by atoms with Crippen LogP contribution in [0, 0.1) is 5.82 Å². The average Bonchev–Trinajstić information content (AvgIpc) is 2.25. The molecule has 0 aliphatic heterocycles. The van der Waals surface area contributed by atoms with E-state index in [1.165, 1.54) is 12.1 Å². The molecule has 0 heterocycles. The minimum absolute atomic E-state index is 0.101. The fourth-order valence-electron chi connectivity index (χ4n) is 1.27. The Labute approximate surface area is 105 Å². The highest BCUT2D eigenvalue weighted by Gasteiger charge is 2.05. The smallest absolute Gasteiger partial charge is 0.239 e. The predicted molar refractivity (Wildman–Crippen MR) is 67.8 cm³/mol. The Bertz CT molecular complexity index is 378. The van der Waals surface area contributed by atoms with E-state index < -0.39 is 5.82 Å². The molecule has 1 amide bonds. The molecule has 1 unspecified atom stereocenters. The summed E-state index contributed by atoms with van der Waals surface area (Å²) >= 11 is 5.69. The number of hydrogen-bond acceptors (Lipinski definition) is 2. The number of halogens is 2. The number of carbonyl (C=O) groups is 1. The standard InChI is InChI=1S/C12H16ClFN2O/c1-3-8(2)16-12(17)7-15-11-5-9(13)4-10(14)6-11/h4-6,8,15H,3,7H2,1-2H3,(H,16,17). The Morgan fingerprint density at radius 1 is 1.47 bits per heavy atom. The van der Waals surface area contributed by atoms with E-state index >= 15 is 0 Å². The van der Waals surface area contributed by atoms with Crippen molar-refractivity contribution in [2.75, 3.05) is 11.9 Å². The molecule has 94 valence electrons. The van der Waals surface area contributed by atoms with Gasteiger partial charge in [-0.3, -0.25) is 4.79 Å². The first-order valence-corrected chi connectivity index (χ1v) is 5.88. The maximum absolute atomic E-state index is 13.0. The Hall–Kier alpha value is -1.29. The molecular formula is C12H16ClFN2O. The minimum atomic E-state index is -0.428. The molecule has 0 saturated heterocycles. The second-order valence-electron chi connectivity index (χ2n) is 3.89. The molecule has 0 radical (unpaired) electrons. The van der Waals surface area contributed by atoms with Crippen molar-refractivity contribution in [3.63, 3.8) is 0 Å². The van der Waals surface area contributed by atoms with E-state index in [-0.39, 0.29) is 18.5 Å². The van der Waals surface area contributed by atoms with Crippen LogP contribution in [0.15, 0.2) is 18.2 Å². The van der Waals surface area contributed by atoms with Gasteiger partial charge in [-0.2, -0.15) is 0 Å². The van der Waals surface area contributed by atoms with Gasteiger partial charge in [0.2, 0.25) is 5.91 Å². The van der Waals surface area contributed by atoms with Crippen LogP contribution in [0.5, 0.6) is 0 Å². The van der Waals surface area contributed by atoms with Crippen LogP contribution in [0.2, 0.25) is 5.02 Å². The highest BCUT2D eigenvalue weighted by atomic mass is 35.5. The molecule has 0 aromatic heterocycles. The first-order valence-electron chi connectivity index (χ1n) is 5.50. The number of hydrogen-bond donors (Lipinski definition) is 2. The third-order valence-corrected chi connectivity index (χ3v) is 2.55. The van der Waals surface area contributed by atoms with E-state index in [0.29, 0.717) is 10.7 Å². The first-order chi connectivity index (χ1) is 8.01. The minimum Gasteiger partial charge on any atom is -0.376 e. The summed E-state index contributed by atoms with van der Waals surface area (Å²) in [7, 11) is 0. The normalized spacial score (nSPS) is 12.0. The highest BCUT2D eigenvalue weighted by Crippen LogP contribution is 2.17. The maximum Gasteiger partial charge on any atom is 0.239 e. The molecule has 0 bridgehead atoms. The summed E-state index contributed by atoms with van der Waals surface area (Å²) in [4.78, 5) is 11.5. The summed E-state index contributed by atoms with van der Waals surface area (Å²) in [6, 6.07) is 4.22. The van der Waals surface area contributed by atoms with Crippen molar-refractivity contribution in [2.24, 2.45) is 0 Å². The zero-order chi connectivity index (χ0) is 12.8. The number of amides is 1. The van der Waals surface area contributed by atoms with Crippen molar-refractivity contribution in [1.82, 2.24) is 5.32 Å². The number of rotatable bonds is 5. The third kappa shape index (κ3) is 5.04. The molecule has 17 heavy (non-hydrogen) atoms. The van der Waals surface area contributed by atoms with E-state index in [1.807, 2.05) is 13.8 Å². The van der Waals surface area contributed by atoms with Crippen LogP contribution in [0.25, 0.3) is 0 Å². The quantitative estimate of drug-likeness (QED) is 0.853. The molecule has 3 nitrogen and oxygen atoms in total. The molecule has 0 saturated carbocycles. The fraction of sp³-hybridized carbons (Fsp3) is 0.417. The van der Waals surface area contributed by atoms with Gasteiger partial charge in [0, 0.05) is 16.8 Å². The predicted octanol–water partition coefficient (Wildman–Crippen LogP) is 2.81. The van der Waals surface area contributed by atoms with E-state index in [4.69, 9.17) is 11.6 Å². The first kappa shape index (κ1) is 13.8. The Balaban J connectivity index is 2.47. The lowest BCUT2D eigenvalue weighted by atomic mass is 10.2. The van der Waals surface area contributed by atoms with Crippen molar-refractivity contribution in [1.29, 1.82) is 0 Å². The molecule has 0 fully saturated rings. The van der Waals surface area contributed by atoms with E-state index in [1.54, 1.807) is 6.07 Å². The van der Waals surface area contributed by atoms with Gasteiger partial charge in [0.05, 0.1) is 6.54 Å². The van der Waals surface area contributed by atoms with Gasteiger partial charge in [-0.1, -0.05) is 18.5 Å². The lowest BCUT2D eigenvalue weighted by Gasteiger charge is -2.12. The SMILES string of the molecule is CCC(C)NC(=O)CNc1cc(F)cc(Cl)c1. The lowest BCUT2D eigenvalue weighted by molar-refractivity contribution is -0.120. The van der Waals surface area contributed by atoms with E-state index in [2.05, 4.69) is 10.6 Å². The van der Waals surface area contributed by atoms with Gasteiger partial charge in [0.15, 0.2) is 0 Å². The number of benzene rings is 1. The van der Waals surface area contributed by atoms with Gasteiger partial charge in [-0.05, 0) is 31.5 Å². The molecule has 1 rings (SSSR count). The average molecular weight is 259 g/mol. The summed E-state index contributed by atoms with van der Waals surface area (Å²) in [5.74, 6) is -0.554. The van der Waals surface area contributed by atoms with Crippen molar-refractivity contribution >= 4 is 23.2 Å².